The molecule has 0 saturated carbocycles. The first-order valence-electron chi connectivity index (χ1n) is 7.95. The van der Waals surface area contributed by atoms with Gasteiger partial charge in [0.2, 0.25) is 0 Å². The molecular formula is C16H36O4. The summed E-state index contributed by atoms with van der Waals surface area (Å²) in [5.74, 6) is 0.787. The second-order valence-corrected chi connectivity index (χ2v) is 6.12. The summed E-state index contributed by atoms with van der Waals surface area (Å²) in [5.41, 5.74) is 0. The van der Waals surface area contributed by atoms with Crippen LogP contribution >= 0.6 is 0 Å². The molecule has 20 heavy (non-hydrogen) atoms. The second kappa shape index (κ2) is 15.2. The highest BCUT2D eigenvalue weighted by Crippen LogP contribution is 2.09. The van der Waals surface area contributed by atoms with Crippen LogP contribution in [-0.2, 0) is 0 Å². The van der Waals surface area contributed by atoms with Crippen LogP contribution in [0.3, 0.4) is 0 Å². The summed E-state index contributed by atoms with van der Waals surface area (Å²) in [4.78, 5) is 0. The smallest absolute Gasteiger partial charge is 0.0543 e. The molecule has 0 aliphatic heterocycles. The van der Waals surface area contributed by atoms with Gasteiger partial charge in [0.05, 0.1) is 12.2 Å². The van der Waals surface area contributed by atoms with E-state index in [2.05, 4.69) is 13.8 Å². The fourth-order valence-corrected chi connectivity index (χ4v) is 1.98. The Kier molecular flexibility index (Phi) is 16.9. The molecule has 0 aromatic rings. The van der Waals surface area contributed by atoms with E-state index in [4.69, 9.17) is 10.2 Å². The Hall–Kier alpha value is -0.160. The highest BCUT2D eigenvalue weighted by atomic mass is 16.3. The zero-order chi connectivity index (χ0) is 16.0. The molecule has 0 heterocycles. The lowest BCUT2D eigenvalue weighted by Crippen LogP contribution is -2.13. The third-order valence-corrected chi connectivity index (χ3v) is 3.05. The summed E-state index contributed by atoms with van der Waals surface area (Å²) < 4.78 is 0. The lowest BCUT2D eigenvalue weighted by molar-refractivity contribution is 0.114. The normalized spacial score (nSPS) is 15.4. The summed E-state index contributed by atoms with van der Waals surface area (Å²) in [5, 5.41) is 35.6. The van der Waals surface area contributed by atoms with Crippen LogP contribution in [0.25, 0.3) is 0 Å². The predicted molar refractivity (Wildman–Crippen MR) is 83.6 cm³/mol. The Balaban J connectivity index is 0. The Morgan fingerprint density at radius 3 is 1.80 bits per heavy atom. The highest BCUT2D eigenvalue weighted by molar-refractivity contribution is 4.59. The number of aliphatic hydroxyl groups excluding tert-OH is 4. The van der Waals surface area contributed by atoms with E-state index < -0.39 is 0 Å². The Bertz CT molecular complexity index is 185. The van der Waals surface area contributed by atoms with Gasteiger partial charge in [0.15, 0.2) is 0 Å². The van der Waals surface area contributed by atoms with Crippen molar-refractivity contribution < 1.29 is 20.4 Å². The van der Waals surface area contributed by atoms with Crippen LogP contribution in [0.4, 0.5) is 0 Å². The molecule has 0 amide bonds. The van der Waals surface area contributed by atoms with Gasteiger partial charge in [-0.05, 0) is 43.9 Å². The molecule has 0 aliphatic carbocycles. The quantitative estimate of drug-likeness (QED) is 0.498. The molecule has 4 N–H and O–H groups in total. The fraction of sp³-hybridized carbons (Fsp3) is 1.00. The molecule has 124 valence electrons. The van der Waals surface area contributed by atoms with Crippen molar-refractivity contribution in [1.29, 1.82) is 0 Å². The number of hydrogen-bond acceptors (Lipinski definition) is 4. The van der Waals surface area contributed by atoms with E-state index >= 15 is 0 Å². The summed E-state index contributed by atoms with van der Waals surface area (Å²) in [6, 6.07) is 0. The first-order chi connectivity index (χ1) is 9.37. The molecule has 3 atom stereocenters. The van der Waals surface area contributed by atoms with Crippen molar-refractivity contribution in [3.8, 4) is 0 Å². The highest BCUT2D eigenvalue weighted by Gasteiger charge is 2.07. The minimum atomic E-state index is -0.216. The van der Waals surface area contributed by atoms with Crippen molar-refractivity contribution in [2.24, 2.45) is 11.8 Å². The molecule has 3 unspecified atom stereocenters. The molecule has 0 fully saturated rings. The van der Waals surface area contributed by atoms with Crippen LogP contribution in [0.15, 0.2) is 0 Å². The monoisotopic (exact) mass is 292 g/mol. The summed E-state index contributed by atoms with van der Waals surface area (Å²) in [7, 11) is 0. The fourth-order valence-electron chi connectivity index (χ4n) is 1.98. The van der Waals surface area contributed by atoms with Crippen LogP contribution in [0.2, 0.25) is 0 Å². The van der Waals surface area contributed by atoms with Gasteiger partial charge in [-0.1, -0.05) is 34.1 Å². The van der Waals surface area contributed by atoms with Crippen LogP contribution < -0.4 is 0 Å². The van der Waals surface area contributed by atoms with E-state index in [1.54, 1.807) is 0 Å². The van der Waals surface area contributed by atoms with Crippen LogP contribution in [0, 0.1) is 11.8 Å². The SMILES string of the molecule is CC(C)CC(O)CCCO.CCCC(O)CC(C)CO. The predicted octanol–water partition coefficient (Wildman–Crippen LogP) is 2.33. The van der Waals surface area contributed by atoms with Gasteiger partial charge < -0.3 is 20.4 Å². The third-order valence-electron chi connectivity index (χ3n) is 3.05. The first-order valence-corrected chi connectivity index (χ1v) is 7.95. The summed E-state index contributed by atoms with van der Waals surface area (Å²) >= 11 is 0. The molecule has 0 rings (SSSR count). The number of rotatable bonds is 10. The van der Waals surface area contributed by atoms with Gasteiger partial charge in [-0.2, -0.15) is 0 Å². The average Bonchev–Trinajstić information content (AvgIpc) is 2.36. The zero-order valence-electron chi connectivity index (χ0n) is 13.8. The molecule has 0 saturated heterocycles. The van der Waals surface area contributed by atoms with Gasteiger partial charge in [-0.3, -0.25) is 0 Å². The standard InChI is InChI=1S/2C8H18O2/c1-7(2)6-8(10)4-3-5-9;1-3-4-8(10)5-7(2)6-9/h2*7-10H,3-6H2,1-2H3. The minimum absolute atomic E-state index is 0.181. The molecule has 0 aliphatic rings. The largest absolute Gasteiger partial charge is 0.396 e. The van der Waals surface area contributed by atoms with Gasteiger partial charge in [0, 0.05) is 13.2 Å². The molecule has 4 nitrogen and oxygen atoms in total. The maximum Gasteiger partial charge on any atom is 0.0543 e. The van der Waals surface area contributed by atoms with E-state index in [0.717, 1.165) is 32.1 Å². The Morgan fingerprint density at radius 2 is 1.40 bits per heavy atom. The van der Waals surface area contributed by atoms with Gasteiger partial charge in [0.25, 0.3) is 0 Å². The molecule has 0 radical (unpaired) electrons. The molecule has 0 bridgehead atoms. The van der Waals surface area contributed by atoms with Crippen molar-refractivity contribution >= 4 is 0 Å². The van der Waals surface area contributed by atoms with Crippen LogP contribution in [-0.4, -0.2) is 45.8 Å². The molecule has 0 aromatic carbocycles. The lowest BCUT2D eigenvalue weighted by atomic mass is 10.0. The summed E-state index contributed by atoms with van der Waals surface area (Å²) in [6.45, 7) is 8.53. The number of aliphatic hydroxyl groups is 4. The second-order valence-electron chi connectivity index (χ2n) is 6.12. The van der Waals surface area contributed by atoms with E-state index in [1.165, 1.54) is 0 Å². The van der Waals surface area contributed by atoms with Crippen LogP contribution in [0.5, 0.6) is 0 Å². The maximum absolute atomic E-state index is 9.24. The van der Waals surface area contributed by atoms with E-state index in [-0.39, 0.29) is 31.3 Å². The van der Waals surface area contributed by atoms with Crippen LogP contribution in [0.1, 0.15) is 66.2 Å². The van der Waals surface area contributed by atoms with Crippen molar-refractivity contribution in [2.75, 3.05) is 13.2 Å². The third kappa shape index (κ3) is 17.8. The van der Waals surface area contributed by atoms with Crippen molar-refractivity contribution in [3.05, 3.63) is 0 Å². The van der Waals surface area contributed by atoms with Gasteiger partial charge in [-0.15, -0.1) is 0 Å². The zero-order valence-corrected chi connectivity index (χ0v) is 13.8. The molecule has 0 spiro atoms. The average molecular weight is 292 g/mol. The van der Waals surface area contributed by atoms with Gasteiger partial charge >= 0.3 is 0 Å². The van der Waals surface area contributed by atoms with Crippen molar-refractivity contribution in [2.45, 2.75) is 78.4 Å². The van der Waals surface area contributed by atoms with E-state index in [9.17, 15) is 10.2 Å². The molecule has 4 heteroatoms. The minimum Gasteiger partial charge on any atom is -0.396 e. The Labute approximate surface area is 124 Å². The lowest BCUT2D eigenvalue weighted by Gasteiger charge is -2.12. The van der Waals surface area contributed by atoms with Gasteiger partial charge in [-0.25, -0.2) is 0 Å². The summed E-state index contributed by atoms with van der Waals surface area (Å²) in [6.07, 6.45) is 4.45. The Morgan fingerprint density at radius 1 is 0.850 bits per heavy atom. The van der Waals surface area contributed by atoms with E-state index in [0.29, 0.717) is 12.3 Å². The molecule has 0 aromatic heterocycles. The first kappa shape index (κ1) is 22.1. The van der Waals surface area contributed by atoms with E-state index in [1.807, 2.05) is 13.8 Å². The molecular weight excluding hydrogens is 256 g/mol. The topological polar surface area (TPSA) is 80.9 Å². The van der Waals surface area contributed by atoms with Gasteiger partial charge in [0.1, 0.15) is 0 Å². The maximum atomic E-state index is 9.24. The van der Waals surface area contributed by atoms with Crippen molar-refractivity contribution in [1.82, 2.24) is 0 Å². The number of hydrogen-bond donors (Lipinski definition) is 4. The van der Waals surface area contributed by atoms with Crippen molar-refractivity contribution in [3.63, 3.8) is 0 Å².